The van der Waals surface area contributed by atoms with Gasteiger partial charge in [0.15, 0.2) is 5.82 Å². The Morgan fingerprint density at radius 2 is 1.97 bits per heavy atom. The molecule has 0 spiro atoms. The summed E-state index contributed by atoms with van der Waals surface area (Å²) in [6, 6.07) is 7.50. The lowest BCUT2D eigenvalue weighted by Gasteiger charge is -2.34. The summed E-state index contributed by atoms with van der Waals surface area (Å²) in [5.74, 6) is 1.23. The normalized spacial score (nSPS) is 15.7. The SMILES string of the molecule is CC[C@H]1C(=O)Nc2c(C)nc(NCc3cnn(Cc4ccc(Cl)cc4)c3)nc2N1C. The zero-order valence-corrected chi connectivity index (χ0v) is 17.9. The Kier molecular flexibility index (Phi) is 5.59. The second-order valence-corrected chi connectivity index (χ2v) is 7.82. The lowest BCUT2D eigenvalue weighted by atomic mass is 10.1. The number of likely N-dealkylation sites (N-methyl/N-ethyl adjacent to an activating group) is 1. The third-order valence-corrected chi connectivity index (χ3v) is 5.46. The van der Waals surface area contributed by atoms with E-state index in [1.54, 1.807) is 0 Å². The van der Waals surface area contributed by atoms with Crippen LogP contribution in [-0.2, 0) is 17.9 Å². The summed E-state index contributed by atoms with van der Waals surface area (Å²) in [7, 11) is 1.89. The Bertz CT molecular complexity index is 1060. The number of benzene rings is 1. The smallest absolute Gasteiger partial charge is 0.247 e. The summed E-state index contributed by atoms with van der Waals surface area (Å²) >= 11 is 5.94. The Hall–Kier alpha value is -3.13. The topological polar surface area (TPSA) is 88.0 Å². The lowest BCUT2D eigenvalue weighted by molar-refractivity contribution is -0.117. The average Bonchev–Trinajstić information content (AvgIpc) is 3.17. The van der Waals surface area contributed by atoms with Crippen LogP contribution in [0.25, 0.3) is 0 Å². The van der Waals surface area contributed by atoms with Crippen LogP contribution in [0.1, 0.15) is 30.2 Å². The number of amides is 1. The van der Waals surface area contributed by atoms with Gasteiger partial charge in [-0.25, -0.2) is 4.98 Å². The zero-order chi connectivity index (χ0) is 21.3. The van der Waals surface area contributed by atoms with Gasteiger partial charge in [0, 0.05) is 30.4 Å². The van der Waals surface area contributed by atoms with E-state index in [0.717, 1.165) is 27.7 Å². The fourth-order valence-electron chi connectivity index (χ4n) is 3.57. The number of aryl methyl sites for hydroxylation is 1. The van der Waals surface area contributed by atoms with Crippen molar-refractivity contribution in [2.45, 2.75) is 39.4 Å². The molecule has 0 saturated heterocycles. The molecule has 0 bridgehead atoms. The molecule has 2 aromatic heterocycles. The van der Waals surface area contributed by atoms with Crippen LogP contribution >= 0.6 is 11.6 Å². The van der Waals surface area contributed by atoms with Crippen LogP contribution in [0.3, 0.4) is 0 Å². The summed E-state index contributed by atoms with van der Waals surface area (Å²) in [6.45, 7) is 5.08. The number of carbonyl (C=O) groups excluding carboxylic acids is 1. The molecule has 1 amide bonds. The number of hydrogen-bond acceptors (Lipinski definition) is 6. The van der Waals surface area contributed by atoms with Crippen molar-refractivity contribution in [1.29, 1.82) is 0 Å². The molecular formula is C21H24ClN7O. The van der Waals surface area contributed by atoms with Crippen LogP contribution in [0, 0.1) is 6.92 Å². The van der Waals surface area contributed by atoms with Crippen LogP contribution in [-0.4, -0.2) is 38.7 Å². The maximum atomic E-state index is 12.3. The quantitative estimate of drug-likeness (QED) is 0.628. The van der Waals surface area contributed by atoms with E-state index in [1.165, 1.54) is 0 Å². The van der Waals surface area contributed by atoms with E-state index in [9.17, 15) is 4.79 Å². The van der Waals surface area contributed by atoms with E-state index in [0.29, 0.717) is 31.1 Å². The van der Waals surface area contributed by atoms with E-state index in [-0.39, 0.29) is 11.9 Å². The van der Waals surface area contributed by atoms with Gasteiger partial charge in [0.05, 0.1) is 18.4 Å². The monoisotopic (exact) mass is 425 g/mol. The molecule has 0 saturated carbocycles. The van der Waals surface area contributed by atoms with E-state index in [2.05, 4.69) is 25.7 Å². The number of nitrogens with one attached hydrogen (secondary N) is 2. The Morgan fingerprint density at radius 1 is 1.20 bits per heavy atom. The molecule has 3 aromatic rings. The van der Waals surface area contributed by atoms with Gasteiger partial charge in [-0.15, -0.1) is 0 Å². The summed E-state index contributed by atoms with van der Waals surface area (Å²) < 4.78 is 1.88. The Labute approximate surface area is 180 Å². The van der Waals surface area contributed by atoms with E-state index in [4.69, 9.17) is 11.6 Å². The highest BCUT2D eigenvalue weighted by Gasteiger charge is 2.32. The third kappa shape index (κ3) is 4.09. The largest absolute Gasteiger partial charge is 0.350 e. The maximum absolute atomic E-state index is 12.3. The number of carbonyl (C=O) groups is 1. The molecule has 9 heteroatoms. The van der Waals surface area contributed by atoms with Gasteiger partial charge >= 0.3 is 0 Å². The summed E-state index contributed by atoms with van der Waals surface area (Å²) in [5, 5.41) is 11.3. The van der Waals surface area contributed by atoms with Crippen LogP contribution in [0.5, 0.6) is 0 Å². The average molecular weight is 426 g/mol. The Balaban J connectivity index is 1.45. The van der Waals surface area contributed by atoms with E-state index in [1.807, 2.05) is 67.1 Å². The number of hydrogen-bond donors (Lipinski definition) is 2. The summed E-state index contributed by atoms with van der Waals surface area (Å²) in [5.41, 5.74) is 3.56. The predicted molar refractivity (Wildman–Crippen MR) is 118 cm³/mol. The standard InChI is InChI=1S/C21H24ClN7O/c1-4-17-20(30)26-18-13(2)25-21(27-19(18)28(17)3)23-9-15-10-24-29(12-15)11-14-5-7-16(22)8-6-14/h5-8,10,12,17H,4,9,11H2,1-3H3,(H,26,30)(H,23,25,27)/t17-/m0/s1. The van der Waals surface area contributed by atoms with Crippen molar-refractivity contribution in [1.82, 2.24) is 19.7 Å². The van der Waals surface area contributed by atoms with Gasteiger partial charge in [-0.1, -0.05) is 30.7 Å². The minimum absolute atomic E-state index is 0.0204. The third-order valence-electron chi connectivity index (χ3n) is 5.21. The molecule has 3 heterocycles. The summed E-state index contributed by atoms with van der Waals surface area (Å²) in [4.78, 5) is 23.3. The second kappa shape index (κ2) is 8.31. The number of aromatic nitrogens is 4. The van der Waals surface area contributed by atoms with Crippen LogP contribution < -0.4 is 15.5 Å². The fraction of sp³-hybridized carbons (Fsp3) is 0.333. The van der Waals surface area contributed by atoms with Crippen molar-refractivity contribution in [3.8, 4) is 0 Å². The number of anilines is 3. The zero-order valence-electron chi connectivity index (χ0n) is 17.2. The molecule has 0 aliphatic carbocycles. The molecule has 30 heavy (non-hydrogen) atoms. The van der Waals surface area contributed by atoms with Crippen LogP contribution in [0.2, 0.25) is 5.02 Å². The van der Waals surface area contributed by atoms with Crippen molar-refractivity contribution >= 4 is 35.0 Å². The van der Waals surface area contributed by atoms with Crippen molar-refractivity contribution in [3.05, 3.63) is 58.5 Å². The highest BCUT2D eigenvalue weighted by atomic mass is 35.5. The molecule has 0 radical (unpaired) electrons. The minimum Gasteiger partial charge on any atom is -0.350 e. The van der Waals surface area contributed by atoms with E-state index >= 15 is 0 Å². The number of nitrogens with zero attached hydrogens (tertiary/aromatic N) is 5. The van der Waals surface area contributed by atoms with Gasteiger partial charge in [-0.3, -0.25) is 9.48 Å². The first-order valence-electron chi connectivity index (χ1n) is 9.86. The van der Waals surface area contributed by atoms with Crippen molar-refractivity contribution in [2.75, 3.05) is 22.6 Å². The molecule has 0 fully saturated rings. The maximum Gasteiger partial charge on any atom is 0.247 e. The molecule has 156 valence electrons. The lowest BCUT2D eigenvalue weighted by Crippen LogP contribution is -2.46. The first kappa shape index (κ1) is 20.2. The fourth-order valence-corrected chi connectivity index (χ4v) is 3.70. The number of rotatable bonds is 6. The number of halogens is 1. The second-order valence-electron chi connectivity index (χ2n) is 7.38. The first-order valence-corrected chi connectivity index (χ1v) is 10.2. The molecule has 0 unspecified atom stereocenters. The van der Waals surface area contributed by atoms with E-state index < -0.39 is 0 Å². The van der Waals surface area contributed by atoms with Gasteiger partial charge in [-0.05, 0) is 31.0 Å². The van der Waals surface area contributed by atoms with Gasteiger partial charge in [-0.2, -0.15) is 10.1 Å². The van der Waals surface area contributed by atoms with Crippen LogP contribution in [0.4, 0.5) is 17.5 Å². The summed E-state index contributed by atoms with van der Waals surface area (Å²) in [6.07, 6.45) is 4.53. The van der Waals surface area contributed by atoms with Crippen molar-refractivity contribution in [3.63, 3.8) is 0 Å². The Morgan fingerprint density at radius 3 is 2.70 bits per heavy atom. The molecule has 4 rings (SSSR count). The molecule has 8 nitrogen and oxygen atoms in total. The number of fused-ring (bicyclic) bond motifs is 1. The molecule has 1 aliphatic heterocycles. The van der Waals surface area contributed by atoms with Gasteiger partial charge in [0.2, 0.25) is 11.9 Å². The molecule has 1 aliphatic rings. The van der Waals surface area contributed by atoms with Crippen molar-refractivity contribution < 1.29 is 4.79 Å². The molecular weight excluding hydrogens is 402 g/mol. The highest BCUT2D eigenvalue weighted by molar-refractivity contribution is 6.30. The van der Waals surface area contributed by atoms with Crippen LogP contribution in [0.15, 0.2) is 36.7 Å². The molecule has 1 atom stereocenters. The first-order chi connectivity index (χ1) is 14.4. The van der Waals surface area contributed by atoms with Gasteiger partial charge in [0.1, 0.15) is 11.7 Å². The molecule has 2 N–H and O–H groups in total. The minimum atomic E-state index is -0.231. The van der Waals surface area contributed by atoms with Crippen molar-refractivity contribution in [2.24, 2.45) is 0 Å². The van der Waals surface area contributed by atoms with Gasteiger partial charge in [0.25, 0.3) is 0 Å². The predicted octanol–water partition coefficient (Wildman–Crippen LogP) is 3.46. The van der Waals surface area contributed by atoms with Gasteiger partial charge < -0.3 is 15.5 Å². The molecule has 1 aromatic carbocycles. The highest BCUT2D eigenvalue weighted by Crippen LogP contribution is 2.32.